The highest BCUT2D eigenvalue weighted by atomic mass is 79.9. The molecule has 0 bridgehead atoms. The maximum Gasteiger partial charge on any atom is 0.264 e. The Hall–Kier alpha value is -1.28. The summed E-state index contributed by atoms with van der Waals surface area (Å²) in [6.45, 7) is 0.154. The van der Waals surface area contributed by atoms with Gasteiger partial charge in [-0.2, -0.15) is 0 Å². The van der Waals surface area contributed by atoms with Crippen LogP contribution < -0.4 is 4.89 Å². The lowest BCUT2D eigenvalue weighted by atomic mass is 10.2. The zero-order chi connectivity index (χ0) is 13.7. The summed E-state index contributed by atoms with van der Waals surface area (Å²) >= 11 is 3.16. The zero-order valence-electron chi connectivity index (χ0n) is 9.78. The number of pyridine rings is 1. The second kappa shape index (κ2) is 6.25. The van der Waals surface area contributed by atoms with Crippen molar-refractivity contribution in [2.45, 2.75) is 11.5 Å². The first-order chi connectivity index (χ1) is 9.08. The van der Waals surface area contributed by atoms with E-state index >= 15 is 0 Å². The van der Waals surface area contributed by atoms with Gasteiger partial charge in [-0.25, -0.2) is 8.42 Å². The molecule has 0 unspecified atom stereocenters. The van der Waals surface area contributed by atoms with Crippen LogP contribution in [-0.4, -0.2) is 13.4 Å². The molecule has 0 radical (unpaired) electrons. The van der Waals surface area contributed by atoms with Crippen molar-refractivity contribution >= 4 is 26.0 Å². The number of rotatable bonds is 5. The van der Waals surface area contributed by atoms with Crippen LogP contribution >= 0.6 is 15.9 Å². The minimum atomic E-state index is -3.72. The molecule has 1 aromatic heterocycles. The standard InChI is InChI=1S/C12H11BrN2O3S/c13-11-6-12(8-14-7-11)19(16,17)15-18-9-10-4-2-1-3-5-10/h1-8,15H,9H2. The highest BCUT2D eigenvalue weighted by molar-refractivity contribution is 9.10. The van der Waals surface area contributed by atoms with Crippen LogP contribution in [0.2, 0.25) is 0 Å². The summed E-state index contributed by atoms with van der Waals surface area (Å²) in [4.78, 5) is 10.9. The molecule has 1 heterocycles. The Labute approximate surface area is 119 Å². The molecular weight excluding hydrogens is 332 g/mol. The maximum absolute atomic E-state index is 11.9. The lowest BCUT2D eigenvalue weighted by Crippen LogP contribution is -2.24. The molecule has 2 rings (SSSR count). The van der Waals surface area contributed by atoms with Crippen molar-refractivity contribution in [3.63, 3.8) is 0 Å². The number of aromatic nitrogens is 1. The Kier molecular flexibility index (Phi) is 4.65. The van der Waals surface area contributed by atoms with Crippen LogP contribution in [0.25, 0.3) is 0 Å². The first kappa shape index (κ1) is 14.1. The van der Waals surface area contributed by atoms with Gasteiger partial charge in [-0.1, -0.05) is 35.2 Å². The van der Waals surface area contributed by atoms with E-state index in [1.165, 1.54) is 18.5 Å². The van der Waals surface area contributed by atoms with E-state index in [1.54, 1.807) is 0 Å². The average Bonchev–Trinajstić information content (AvgIpc) is 2.40. The molecule has 2 aromatic rings. The average molecular weight is 343 g/mol. The summed E-state index contributed by atoms with van der Waals surface area (Å²) < 4.78 is 24.3. The van der Waals surface area contributed by atoms with Gasteiger partial charge in [-0.15, -0.1) is 0 Å². The third-order valence-electron chi connectivity index (χ3n) is 2.24. The molecule has 0 aliphatic carbocycles. The molecule has 1 N–H and O–H groups in total. The smallest absolute Gasteiger partial charge is 0.264 e. The number of hydrogen-bond acceptors (Lipinski definition) is 4. The summed E-state index contributed by atoms with van der Waals surface area (Å²) in [5.41, 5.74) is 0.873. The van der Waals surface area contributed by atoms with Crippen molar-refractivity contribution < 1.29 is 13.3 Å². The highest BCUT2D eigenvalue weighted by Gasteiger charge is 2.14. The van der Waals surface area contributed by atoms with E-state index in [0.717, 1.165) is 5.56 Å². The SMILES string of the molecule is O=S(=O)(NOCc1ccccc1)c1cncc(Br)c1. The first-order valence-corrected chi connectivity index (χ1v) is 7.63. The van der Waals surface area contributed by atoms with Crippen LogP contribution in [0.5, 0.6) is 0 Å². The minimum Gasteiger partial charge on any atom is -0.282 e. The number of benzene rings is 1. The van der Waals surface area contributed by atoms with Gasteiger partial charge in [0.1, 0.15) is 4.90 Å². The fourth-order valence-electron chi connectivity index (χ4n) is 1.35. The summed E-state index contributed by atoms with van der Waals surface area (Å²) in [7, 11) is -3.72. The molecule has 0 aliphatic heterocycles. The summed E-state index contributed by atoms with van der Waals surface area (Å²) in [6, 6.07) is 10.7. The number of sulfonamides is 1. The van der Waals surface area contributed by atoms with Crippen LogP contribution in [0.3, 0.4) is 0 Å². The second-order valence-electron chi connectivity index (χ2n) is 3.70. The molecule has 0 saturated carbocycles. The Balaban J connectivity index is 1.99. The molecule has 5 nitrogen and oxygen atoms in total. The van der Waals surface area contributed by atoms with Gasteiger partial charge in [0, 0.05) is 16.9 Å². The Morgan fingerprint density at radius 2 is 1.95 bits per heavy atom. The predicted molar refractivity (Wildman–Crippen MR) is 73.5 cm³/mol. The van der Waals surface area contributed by atoms with E-state index in [0.29, 0.717) is 4.47 Å². The van der Waals surface area contributed by atoms with Crippen molar-refractivity contribution in [2.75, 3.05) is 0 Å². The maximum atomic E-state index is 11.9. The molecule has 1 aromatic carbocycles. The van der Waals surface area contributed by atoms with Crippen molar-refractivity contribution in [2.24, 2.45) is 0 Å². The largest absolute Gasteiger partial charge is 0.282 e. The molecule has 0 amide bonds. The third kappa shape index (κ3) is 4.10. The summed E-state index contributed by atoms with van der Waals surface area (Å²) in [5, 5.41) is 0. The summed E-state index contributed by atoms with van der Waals surface area (Å²) in [5.74, 6) is 0. The number of hydrogen-bond donors (Lipinski definition) is 1. The van der Waals surface area contributed by atoms with Gasteiger partial charge < -0.3 is 0 Å². The quantitative estimate of drug-likeness (QED) is 0.846. The van der Waals surface area contributed by atoms with Crippen LogP contribution in [-0.2, 0) is 21.5 Å². The number of nitrogens with zero attached hydrogens (tertiary/aromatic N) is 1. The molecule has 0 saturated heterocycles. The van der Waals surface area contributed by atoms with E-state index in [4.69, 9.17) is 4.84 Å². The van der Waals surface area contributed by atoms with Gasteiger partial charge in [-0.3, -0.25) is 9.82 Å². The third-order valence-corrected chi connectivity index (χ3v) is 3.86. The van der Waals surface area contributed by atoms with Gasteiger partial charge in [0.15, 0.2) is 0 Å². The van der Waals surface area contributed by atoms with Gasteiger partial charge in [-0.05, 0) is 27.6 Å². The monoisotopic (exact) mass is 342 g/mol. The molecular formula is C12H11BrN2O3S. The Bertz CT molecular complexity index is 647. The minimum absolute atomic E-state index is 0.0370. The van der Waals surface area contributed by atoms with E-state index in [1.807, 2.05) is 30.3 Å². The van der Waals surface area contributed by atoms with E-state index in [-0.39, 0.29) is 11.5 Å². The highest BCUT2D eigenvalue weighted by Crippen LogP contribution is 2.14. The van der Waals surface area contributed by atoms with Gasteiger partial charge >= 0.3 is 0 Å². The van der Waals surface area contributed by atoms with E-state index < -0.39 is 10.0 Å². The molecule has 0 atom stereocenters. The fraction of sp³-hybridized carbons (Fsp3) is 0.0833. The lowest BCUT2D eigenvalue weighted by molar-refractivity contribution is 0.0795. The van der Waals surface area contributed by atoms with Crippen LogP contribution in [0.1, 0.15) is 5.56 Å². The van der Waals surface area contributed by atoms with Crippen LogP contribution in [0.15, 0.2) is 58.2 Å². The van der Waals surface area contributed by atoms with Crippen molar-refractivity contribution in [1.29, 1.82) is 0 Å². The number of nitrogens with one attached hydrogen (secondary N) is 1. The lowest BCUT2D eigenvalue weighted by Gasteiger charge is -2.07. The Morgan fingerprint density at radius 1 is 1.21 bits per heavy atom. The zero-order valence-corrected chi connectivity index (χ0v) is 12.2. The molecule has 100 valence electrons. The molecule has 19 heavy (non-hydrogen) atoms. The van der Waals surface area contributed by atoms with Crippen molar-refractivity contribution in [1.82, 2.24) is 9.87 Å². The first-order valence-electron chi connectivity index (χ1n) is 5.36. The van der Waals surface area contributed by atoms with Crippen molar-refractivity contribution in [3.05, 3.63) is 58.8 Å². The molecule has 7 heteroatoms. The number of halogens is 1. The predicted octanol–water partition coefficient (Wildman–Crippen LogP) is 2.25. The second-order valence-corrected chi connectivity index (χ2v) is 6.26. The fourth-order valence-corrected chi connectivity index (χ4v) is 2.66. The summed E-state index contributed by atoms with van der Waals surface area (Å²) in [6.07, 6.45) is 2.75. The van der Waals surface area contributed by atoms with E-state index in [9.17, 15) is 8.42 Å². The topological polar surface area (TPSA) is 68.3 Å². The van der Waals surface area contributed by atoms with E-state index in [2.05, 4.69) is 25.8 Å². The molecule has 0 fully saturated rings. The van der Waals surface area contributed by atoms with Gasteiger partial charge in [0.2, 0.25) is 0 Å². The molecule has 0 spiro atoms. The van der Waals surface area contributed by atoms with Gasteiger partial charge in [0.05, 0.1) is 6.61 Å². The normalized spacial score (nSPS) is 11.4. The van der Waals surface area contributed by atoms with Crippen LogP contribution in [0, 0.1) is 0 Å². The van der Waals surface area contributed by atoms with Gasteiger partial charge in [0.25, 0.3) is 10.0 Å². The Morgan fingerprint density at radius 3 is 2.63 bits per heavy atom. The van der Waals surface area contributed by atoms with Crippen molar-refractivity contribution in [3.8, 4) is 0 Å². The molecule has 0 aliphatic rings. The van der Waals surface area contributed by atoms with Crippen LogP contribution in [0.4, 0.5) is 0 Å².